The lowest BCUT2D eigenvalue weighted by atomic mass is 10.2. The predicted octanol–water partition coefficient (Wildman–Crippen LogP) is 3.80. The molecule has 0 aliphatic rings. The summed E-state index contributed by atoms with van der Waals surface area (Å²) in [5.41, 5.74) is 0.584. The Balaban J connectivity index is 1.71. The minimum absolute atomic E-state index is 0.0527. The molecular weight excluding hydrogens is 388 g/mol. The molecule has 2 heterocycles. The van der Waals surface area contributed by atoms with Crippen molar-refractivity contribution in [3.63, 3.8) is 0 Å². The summed E-state index contributed by atoms with van der Waals surface area (Å²) in [4.78, 5) is 13.0. The van der Waals surface area contributed by atoms with E-state index < -0.39 is 21.7 Å². The van der Waals surface area contributed by atoms with Gasteiger partial charge in [0.15, 0.2) is 11.6 Å². The monoisotopic (exact) mass is 399 g/mol. The van der Waals surface area contributed by atoms with E-state index in [1.165, 1.54) is 22.7 Å². The van der Waals surface area contributed by atoms with Crippen molar-refractivity contribution in [1.29, 1.82) is 0 Å². The Hall–Kier alpha value is -1.94. The number of hydrogen-bond donors (Lipinski definition) is 1. The number of thiophene rings is 2. The first-order valence-electron chi connectivity index (χ1n) is 6.97. The van der Waals surface area contributed by atoms with Crippen LogP contribution in [0.4, 0.5) is 8.78 Å². The SMILES string of the molecule is O=C(c1ccsc1)c1ccc(CNS(=O)(=O)c2ccc(F)c(F)c2)s1. The number of carbonyl (C=O) groups is 1. The largest absolute Gasteiger partial charge is 0.288 e. The first-order valence-corrected chi connectivity index (χ1v) is 10.2. The lowest BCUT2D eigenvalue weighted by Crippen LogP contribution is -2.23. The van der Waals surface area contributed by atoms with Crippen molar-refractivity contribution in [2.24, 2.45) is 0 Å². The Morgan fingerprint density at radius 2 is 1.88 bits per heavy atom. The van der Waals surface area contributed by atoms with Gasteiger partial charge in [0.05, 0.1) is 9.77 Å². The van der Waals surface area contributed by atoms with E-state index >= 15 is 0 Å². The van der Waals surface area contributed by atoms with Gasteiger partial charge in [-0.25, -0.2) is 21.9 Å². The lowest BCUT2D eigenvalue weighted by Gasteiger charge is -2.06. The van der Waals surface area contributed by atoms with Crippen LogP contribution in [0.5, 0.6) is 0 Å². The van der Waals surface area contributed by atoms with E-state index in [2.05, 4.69) is 4.72 Å². The summed E-state index contributed by atoms with van der Waals surface area (Å²) in [7, 11) is -3.99. The highest BCUT2D eigenvalue weighted by Crippen LogP contribution is 2.22. The molecule has 0 atom stereocenters. The molecule has 0 bridgehead atoms. The maximum atomic E-state index is 13.2. The van der Waals surface area contributed by atoms with Gasteiger partial charge < -0.3 is 0 Å². The Bertz CT molecular complexity index is 1010. The molecule has 0 fully saturated rings. The second-order valence-electron chi connectivity index (χ2n) is 5.01. The van der Waals surface area contributed by atoms with Crippen LogP contribution < -0.4 is 4.72 Å². The maximum absolute atomic E-state index is 13.2. The third-order valence-electron chi connectivity index (χ3n) is 3.31. The smallest absolute Gasteiger partial charge is 0.241 e. The van der Waals surface area contributed by atoms with Gasteiger partial charge >= 0.3 is 0 Å². The van der Waals surface area contributed by atoms with Crippen molar-refractivity contribution >= 4 is 38.5 Å². The summed E-state index contributed by atoms with van der Waals surface area (Å²) in [5.74, 6) is -2.47. The van der Waals surface area contributed by atoms with Crippen LogP contribution >= 0.6 is 22.7 Å². The number of nitrogens with one attached hydrogen (secondary N) is 1. The van der Waals surface area contributed by atoms with E-state index in [1.54, 1.807) is 29.0 Å². The van der Waals surface area contributed by atoms with Gasteiger partial charge in [0.2, 0.25) is 15.8 Å². The van der Waals surface area contributed by atoms with Gasteiger partial charge in [-0.1, -0.05) is 0 Å². The highest BCUT2D eigenvalue weighted by molar-refractivity contribution is 7.89. The second kappa shape index (κ2) is 7.12. The van der Waals surface area contributed by atoms with Gasteiger partial charge in [0, 0.05) is 22.4 Å². The van der Waals surface area contributed by atoms with Crippen LogP contribution in [0.2, 0.25) is 0 Å². The summed E-state index contributed by atoms with van der Waals surface area (Å²) in [6, 6.07) is 7.37. The summed E-state index contributed by atoms with van der Waals surface area (Å²) in [6.45, 7) is -0.0527. The molecule has 0 aliphatic heterocycles. The zero-order valence-electron chi connectivity index (χ0n) is 12.5. The molecule has 3 rings (SSSR count). The third-order valence-corrected chi connectivity index (χ3v) is 6.47. The fourth-order valence-corrected chi connectivity index (χ4v) is 4.68. The molecule has 1 N–H and O–H groups in total. The Morgan fingerprint density at radius 3 is 2.56 bits per heavy atom. The molecule has 4 nitrogen and oxygen atoms in total. The highest BCUT2D eigenvalue weighted by Gasteiger charge is 2.17. The van der Waals surface area contributed by atoms with E-state index in [4.69, 9.17) is 0 Å². The minimum Gasteiger partial charge on any atom is -0.288 e. The number of carbonyl (C=O) groups excluding carboxylic acids is 1. The molecule has 0 unspecified atom stereocenters. The quantitative estimate of drug-likeness (QED) is 0.642. The number of sulfonamides is 1. The molecule has 1 aromatic carbocycles. The lowest BCUT2D eigenvalue weighted by molar-refractivity contribution is 0.104. The molecule has 3 aromatic rings. The average molecular weight is 399 g/mol. The molecule has 9 heteroatoms. The molecule has 130 valence electrons. The summed E-state index contributed by atoms with van der Waals surface area (Å²) >= 11 is 2.59. The van der Waals surface area contributed by atoms with Gasteiger partial charge in [-0.2, -0.15) is 11.3 Å². The van der Waals surface area contributed by atoms with Crippen LogP contribution in [0, 0.1) is 11.6 Å². The van der Waals surface area contributed by atoms with Crippen molar-refractivity contribution in [3.8, 4) is 0 Å². The number of benzene rings is 1. The second-order valence-corrected chi connectivity index (χ2v) is 8.72. The molecule has 0 radical (unpaired) electrons. The number of ketones is 1. The molecule has 0 saturated carbocycles. The molecule has 0 aliphatic carbocycles. The zero-order valence-corrected chi connectivity index (χ0v) is 15.0. The summed E-state index contributed by atoms with van der Waals surface area (Å²) < 4.78 is 52.7. The first-order chi connectivity index (χ1) is 11.9. The van der Waals surface area contributed by atoms with E-state index in [0.29, 0.717) is 21.4 Å². The Morgan fingerprint density at radius 1 is 1.08 bits per heavy atom. The van der Waals surface area contributed by atoms with Crippen LogP contribution in [0.1, 0.15) is 20.1 Å². The van der Waals surface area contributed by atoms with Gasteiger partial charge in [-0.3, -0.25) is 4.79 Å². The maximum Gasteiger partial charge on any atom is 0.241 e. The van der Waals surface area contributed by atoms with Gasteiger partial charge in [0.25, 0.3) is 0 Å². The molecule has 2 aromatic heterocycles. The van der Waals surface area contributed by atoms with Crippen molar-refractivity contribution in [2.45, 2.75) is 11.4 Å². The Kier molecular flexibility index (Phi) is 5.09. The predicted molar refractivity (Wildman–Crippen MR) is 92.5 cm³/mol. The standard InChI is InChI=1S/C16H11F2NO3S3/c17-13-3-2-12(7-14(13)18)25(21,22)19-8-11-1-4-15(24-11)16(20)10-5-6-23-9-10/h1-7,9,19H,8H2. The first kappa shape index (κ1) is 17.9. The van der Waals surface area contributed by atoms with Gasteiger partial charge in [-0.05, 0) is 41.8 Å². The van der Waals surface area contributed by atoms with Gasteiger partial charge in [0.1, 0.15) is 0 Å². The van der Waals surface area contributed by atoms with Crippen LogP contribution in [0.3, 0.4) is 0 Å². The molecular formula is C16H11F2NO3S3. The van der Waals surface area contributed by atoms with Crippen molar-refractivity contribution < 1.29 is 22.0 Å². The van der Waals surface area contributed by atoms with E-state index in [0.717, 1.165) is 12.1 Å². The average Bonchev–Trinajstić information content (AvgIpc) is 3.26. The fraction of sp³-hybridized carbons (Fsp3) is 0.0625. The van der Waals surface area contributed by atoms with Crippen LogP contribution in [0.25, 0.3) is 0 Å². The van der Waals surface area contributed by atoms with Crippen LogP contribution in [0.15, 0.2) is 52.1 Å². The molecule has 0 saturated heterocycles. The third kappa shape index (κ3) is 4.01. The van der Waals surface area contributed by atoms with Crippen LogP contribution in [-0.4, -0.2) is 14.2 Å². The highest BCUT2D eigenvalue weighted by atomic mass is 32.2. The Labute approximate surface area is 150 Å². The van der Waals surface area contributed by atoms with Crippen molar-refractivity contribution in [3.05, 3.63) is 74.1 Å². The molecule has 0 amide bonds. The van der Waals surface area contributed by atoms with E-state index in [1.807, 2.05) is 0 Å². The topological polar surface area (TPSA) is 63.2 Å². The normalized spacial score (nSPS) is 11.6. The van der Waals surface area contributed by atoms with Crippen molar-refractivity contribution in [2.75, 3.05) is 0 Å². The minimum atomic E-state index is -3.99. The fourth-order valence-electron chi connectivity index (χ4n) is 2.02. The number of hydrogen-bond acceptors (Lipinski definition) is 5. The summed E-state index contributed by atoms with van der Waals surface area (Å²) in [6.07, 6.45) is 0. The molecule has 0 spiro atoms. The molecule has 25 heavy (non-hydrogen) atoms. The van der Waals surface area contributed by atoms with Crippen LogP contribution in [-0.2, 0) is 16.6 Å². The van der Waals surface area contributed by atoms with Gasteiger partial charge in [-0.15, -0.1) is 11.3 Å². The zero-order chi connectivity index (χ0) is 18.0. The van der Waals surface area contributed by atoms with E-state index in [9.17, 15) is 22.0 Å². The summed E-state index contributed by atoms with van der Waals surface area (Å²) in [5, 5.41) is 3.55. The number of halogens is 2. The van der Waals surface area contributed by atoms with Crippen molar-refractivity contribution in [1.82, 2.24) is 4.72 Å². The van der Waals surface area contributed by atoms with E-state index in [-0.39, 0.29) is 17.2 Å². The number of rotatable bonds is 6.